The van der Waals surface area contributed by atoms with E-state index in [0.717, 1.165) is 6.42 Å². The Morgan fingerprint density at radius 3 is 2.38 bits per heavy atom. The molecule has 1 fully saturated rings. The lowest BCUT2D eigenvalue weighted by Gasteiger charge is -2.24. The van der Waals surface area contributed by atoms with Gasteiger partial charge in [0.2, 0.25) is 0 Å². The summed E-state index contributed by atoms with van der Waals surface area (Å²) < 4.78 is 10.7. The van der Waals surface area contributed by atoms with E-state index in [1.807, 2.05) is 13.0 Å². The van der Waals surface area contributed by atoms with E-state index in [1.165, 1.54) is 14.2 Å². The molecule has 1 aliphatic rings. The number of anilines is 1. The maximum Gasteiger partial charge on any atom is 0.256 e. The van der Waals surface area contributed by atoms with E-state index in [-0.39, 0.29) is 23.8 Å². The van der Waals surface area contributed by atoms with Crippen molar-refractivity contribution < 1.29 is 19.1 Å². The van der Waals surface area contributed by atoms with Crippen LogP contribution in [0.2, 0.25) is 0 Å². The van der Waals surface area contributed by atoms with Crippen LogP contribution >= 0.6 is 0 Å². The molecule has 2 unspecified atom stereocenters. The number of hydrogen-bond donors (Lipinski definition) is 2. The summed E-state index contributed by atoms with van der Waals surface area (Å²) in [6, 6.07) is 12.1. The average molecular weight is 397 g/mol. The van der Waals surface area contributed by atoms with Crippen LogP contribution in [0.15, 0.2) is 42.5 Å². The molecule has 2 amide bonds. The van der Waals surface area contributed by atoms with Crippen LogP contribution in [0, 0.1) is 5.92 Å². The van der Waals surface area contributed by atoms with Gasteiger partial charge in [-0.05, 0) is 44.0 Å². The predicted molar refractivity (Wildman–Crippen MR) is 112 cm³/mol. The zero-order valence-corrected chi connectivity index (χ0v) is 17.0. The quantitative estimate of drug-likeness (QED) is 0.782. The SMILES string of the molecule is COc1cc(NC(=O)c2ccccc2)c(C(=O)N2CC(CN)CC2C)cc1OC. The van der Waals surface area contributed by atoms with Gasteiger partial charge in [-0.15, -0.1) is 0 Å². The van der Waals surface area contributed by atoms with Crippen LogP contribution in [0.4, 0.5) is 5.69 Å². The van der Waals surface area contributed by atoms with Crippen molar-refractivity contribution in [3.05, 3.63) is 53.6 Å². The molecule has 1 heterocycles. The van der Waals surface area contributed by atoms with Crippen LogP contribution in [0.25, 0.3) is 0 Å². The highest BCUT2D eigenvalue weighted by Gasteiger charge is 2.33. The number of benzene rings is 2. The van der Waals surface area contributed by atoms with Crippen molar-refractivity contribution >= 4 is 17.5 Å². The van der Waals surface area contributed by atoms with Gasteiger partial charge in [0, 0.05) is 24.2 Å². The Morgan fingerprint density at radius 1 is 1.14 bits per heavy atom. The summed E-state index contributed by atoms with van der Waals surface area (Å²) in [6.07, 6.45) is 0.862. The normalized spacial score (nSPS) is 18.4. The standard InChI is InChI=1S/C22H27N3O4/c1-14-9-15(12-23)13-25(14)22(27)17-10-19(28-2)20(29-3)11-18(17)24-21(26)16-7-5-4-6-8-16/h4-8,10-11,14-15H,9,12-13,23H2,1-3H3,(H,24,26). The van der Waals surface area contributed by atoms with Crippen LogP contribution in [-0.2, 0) is 0 Å². The Labute approximate surface area is 170 Å². The van der Waals surface area contributed by atoms with Crippen LogP contribution in [-0.4, -0.2) is 50.1 Å². The lowest BCUT2D eigenvalue weighted by atomic mass is 10.1. The molecule has 0 aliphatic carbocycles. The Kier molecular flexibility index (Phi) is 6.39. The van der Waals surface area contributed by atoms with Crippen LogP contribution in [0.5, 0.6) is 11.5 Å². The zero-order chi connectivity index (χ0) is 21.0. The molecule has 0 radical (unpaired) electrons. The molecule has 1 aliphatic heterocycles. The maximum absolute atomic E-state index is 13.4. The number of nitrogens with one attached hydrogen (secondary N) is 1. The maximum atomic E-state index is 13.4. The van der Waals surface area contributed by atoms with E-state index < -0.39 is 0 Å². The van der Waals surface area contributed by atoms with Gasteiger partial charge in [-0.1, -0.05) is 18.2 Å². The first-order valence-electron chi connectivity index (χ1n) is 9.62. The predicted octanol–water partition coefficient (Wildman–Crippen LogP) is 2.77. The molecule has 0 bridgehead atoms. The Bertz CT molecular complexity index is 885. The van der Waals surface area contributed by atoms with Gasteiger partial charge in [0.15, 0.2) is 11.5 Å². The number of nitrogens with two attached hydrogens (primary N) is 1. The van der Waals surface area contributed by atoms with Crippen LogP contribution in [0.3, 0.4) is 0 Å². The first-order chi connectivity index (χ1) is 14.0. The average Bonchev–Trinajstić information content (AvgIpc) is 3.14. The van der Waals surface area contributed by atoms with Gasteiger partial charge in [-0.2, -0.15) is 0 Å². The number of likely N-dealkylation sites (tertiary alicyclic amines) is 1. The molecule has 7 nitrogen and oxygen atoms in total. The summed E-state index contributed by atoms with van der Waals surface area (Å²) >= 11 is 0. The smallest absolute Gasteiger partial charge is 0.256 e. The number of rotatable bonds is 6. The summed E-state index contributed by atoms with van der Waals surface area (Å²) in [7, 11) is 3.02. The van der Waals surface area contributed by atoms with Gasteiger partial charge in [-0.3, -0.25) is 9.59 Å². The second-order valence-corrected chi connectivity index (χ2v) is 7.22. The molecule has 7 heteroatoms. The number of methoxy groups -OCH3 is 2. The molecule has 3 N–H and O–H groups in total. The molecule has 0 spiro atoms. The molecule has 2 aromatic carbocycles. The minimum Gasteiger partial charge on any atom is -0.493 e. The van der Waals surface area contributed by atoms with Crippen molar-refractivity contribution in [3.8, 4) is 11.5 Å². The highest BCUT2D eigenvalue weighted by Crippen LogP contribution is 2.35. The topological polar surface area (TPSA) is 93.9 Å². The Morgan fingerprint density at radius 2 is 1.79 bits per heavy atom. The molecular weight excluding hydrogens is 370 g/mol. The van der Waals surface area contributed by atoms with Gasteiger partial charge in [0.1, 0.15) is 0 Å². The largest absolute Gasteiger partial charge is 0.493 e. The van der Waals surface area contributed by atoms with Gasteiger partial charge in [0.25, 0.3) is 11.8 Å². The number of carbonyl (C=O) groups is 2. The van der Waals surface area contributed by atoms with Gasteiger partial charge in [0.05, 0.1) is 25.5 Å². The third-order valence-electron chi connectivity index (χ3n) is 5.29. The van der Waals surface area contributed by atoms with E-state index in [4.69, 9.17) is 15.2 Å². The van der Waals surface area contributed by atoms with Gasteiger partial charge < -0.3 is 25.4 Å². The van der Waals surface area contributed by atoms with Crippen LogP contribution < -0.4 is 20.5 Å². The third-order valence-corrected chi connectivity index (χ3v) is 5.29. The van der Waals surface area contributed by atoms with E-state index in [2.05, 4.69) is 5.32 Å². The summed E-state index contributed by atoms with van der Waals surface area (Å²) in [6.45, 7) is 3.14. The second kappa shape index (κ2) is 8.96. The Hall–Kier alpha value is -3.06. The molecule has 2 atom stereocenters. The first kappa shape index (κ1) is 20.7. The lowest BCUT2D eigenvalue weighted by Crippen LogP contribution is -2.35. The van der Waals surface area contributed by atoms with Gasteiger partial charge in [-0.25, -0.2) is 0 Å². The molecule has 0 saturated carbocycles. The summed E-state index contributed by atoms with van der Waals surface area (Å²) in [5.41, 5.74) is 7.05. The van der Waals surface area contributed by atoms with Crippen LogP contribution in [0.1, 0.15) is 34.1 Å². The van der Waals surface area contributed by atoms with Gasteiger partial charge >= 0.3 is 0 Å². The minimum absolute atomic E-state index is 0.0711. The van der Waals surface area contributed by atoms with E-state index in [1.54, 1.807) is 41.3 Å². The van der Waals surface area contributed by atoms with E-state index in [0.29, 0.717) is 41.4 Å². The fourth-order valence-corrected chi connectivity index (χ4v) is 3.69. The molecular formula is C22H27N3O4. The monoisotopic (exact) mass is 397 g/mol. The highest BCUT2D eigenvalue weighted by atomic mass is 16.5. The number of amides is 2. The van der Waals surface area contributed by atoms with Crippen molar-refractivity contribution in [1.82, 2.24) is 4.90 Å². The van der Waals surface area contributed by atoms with Crippen molar-refractivity contribution in [2.45, 2.75) is 19.4 Å². The molecule has 29 heavy (non-hydrogen) atoms. The first-order valence-corrected chi connectivity index (χ1v) is 9.62. The third kappa shape index (κ3) is 4.35. The minimum atomic E-state index is -0.304. The fourth-order valence-electron chi connectivity index (χ4n) is 3.69. The number of carbonyl (C=O) groups excluding carboxylic acids is 2. The molecule has 154 valence electrons. The highest BCUT2D eigenvalue weighted by molar-refractivity contribution is 6.09. The molecule has 1 saturated heterocycles. The van der Waals surface area contributed by atoms with Crippen molar-refractivity contribution in [2.24, 2.45) is 11.7 Å². The second-order valence-electron chi connectivity index (χ2n) is 7.22. The summed E-state index contributed by atoms with van der Waals surface area (Å²) in [5, 5.41) is 2.85. The number of hydrogen-bond acceptors (Lipinski definition) is 5. The summed E-state index contributed by atoms with van der Waals surface area (Å²) in [5.74, 6) is 0.660. The van der Waals surface area contributed by atoms with E-state index in [9.17, 15) is 9.59 Å². The zero-order valence-electron chi connectivity index (χ0n) is 17.0. The van der Waals surface area contributed by atoms with E-state index >= 15 is 0 Å². The molecule has 0 aromatic heterocycles. The van der Waals surface area contributed by atoms with Crippen molar-refractivity contribution in [3.63, 3.8) is 0 Å². The summed E-state index contributed by atoms with van der Waals surface area (Å²) in [4.78, 5) is 27.9. The van der Waals surface area contributed by atoms with Crippen molar-refractivity contribution in [1.29, 1.82) is 0 Å². The number of nitrogens with zero attached hydrogens (tertiary/aromatic N) is 1. The fraction of sp³-hybridized carbons (Fsp3) is 0.364. The molecule has 3 rings (SSSR count). The van der Waals surface area contributed by atoms with Crippen molar-refractivity contribution in [2.75, 3.05) is 32.6 Å². The number of ether oxygens (including phenoxy) is 2. The Balaban J connectivity index is 1.98. The lowest BCUT2D eigenvalue weighted by molar-refractivity contribution is 0.0744. The molecule has 2 aromatic rings.